The number of hydrogen-bond acceptors (Lipinski definition) is 8. The van der Waals surface area contributed by atoms with Gasteiger partial charge < -0.3 is 4.74 Å². The lowest BCUT2D eigenvalue weighted by Gasteiger charge is -2.05. The minimum Gasteiger partial charge on any atom is -0.491 e. The fourth-order valence-electron chi connectivity index (χ4n) is 2.90. The third kappa shape index (κ3) is 5.97. The van der Waals surface area contributed by atoms with Crippen LogP contribution in [0.5, 0.6) is 5.75 Å². The molecule has 0 N–H and O–H groups in total. The first kappa shape index (κ1) is 22.1. The Bertz CT molecular complexity index is 1350. The van der Waals surface area contributed by atoms with Gasteiger partial charge in [-0.25, -0.2) is 4.98 Å². The Morgan fingerprint density at radius 2 is 1.56 bits per heavy atom. The van der Waals surface area contributed by atoms with E-state index in [1.165, 1.54) is 10.3 Å². The molecule has 0 spiro atoms. The Kier molecular flexibility index (Phi) is 6.59. The maximum absolute atomic E-state index is 10.9. The standard InChI is InChI=1S/C23H21N3O4S2/c1-16-3-12-21-22(15-16)31-23(24-21)17-4-6-18(7-5-17)25-26-19-8-10-20(11-9-19)29-13-14-30-32(2,27)28/h3-12,15H,13-14H2,1-2H3. The molecule has 4 aromatic rings. The quantitative estimate of drug-likeness (QED) is 0.179. The highest BCUT2D eigenvalue weighted by atomic mass is 32.2. The van der Waals surface area contributed by atoms with Crippen molar-refractivity contribution in [3.63, 3.8) is 0 Å². The Balaban J connectivity index is 1.36. The smallest absolute Gasteiger partial charge is 0.264 e. The van der Waals surface area contributed by atoms with Crippen LogP contribution in [0.2, 0.25) is 0 Å². The average molecular weight is 468 g/mol. The van der Waals surface area contributed by atoms with Gasteiger partial charge in [0.05, 0.1) is 27.8 Å². The number of benzene rings is 3. The van der Waals surface area contributed by atoms with Crippen LogP contribution in [0.25, 0.3) is 20.8 Å². The van der Waals surface area contributed by atoms with Crippen LogP contribution in [0.4, 0.5) is 11.4 Å². The van der Waals surface area contributed by atoms with E-state index in [4.69, 9.17) is 9.72 Å². The van der Waals surface area contributed by atoms with E-state index in [-0.39, 0.29) is 13.2 Å². The molecular formula is C23H21N3O4S2. The predicted molar refractivity (Wildman–Crippen MR) is 127 cm³/mol. The number of nitrogens with zero attached hydrogens (tertiary/aromatic N) is 3. The molecule has 7 nitrogen and oxygen atoms in total. The molecule has 0 radical (unpaired) electrons. The normalized spacial score (nSPS) is 11.9. The lowest BCUT2D eigenvalue weighted by molar-refractivity contribution is 0.222. The average Bonchev–Trinajstić information content (AvgIpc) is 3.19. The highest BCUT2D eigenvalue weighted by Crippen LogP contribution is 2.32. The molecule has 0 atom stereocenters. The highest BCUT2D eigenvalue weighted by Gasteiger charge is 2.06. The first-order valence-corrected chi connectivity index (χ1v) is 12.5. The fraction of sp³-hybridized carbons (Fsp3) is 0.174. The number of aryl methyl sites for hydroxylation is 1. The molecule has 0 bridgehead atoms. The lowest BCUT2D eigenvalue weighted by atomic mass is 10.2. The zero-order chi connectivity index (χ0) is 22.6. The molecule has 1 heterocycles. The number of hydrogen-bond donors (Lipinski definition) is 0. The Hall–Kier alpha value is -3.14. The number of ether oxygens (including phenoxy) is 1. The van der Waals surface area contributed by atoms with Crippen molar-refractivity contribution in [2.75, 3.05) is 19.5 Å². The number of fused-ring (bicyclic) bond motifs is 1. The molecule has 0 unspecified atom stereocenters. The zero-order valence-electron chi connectivity index (χ0n) is 17.6. The highest BCUT2D eigenvalue weighted by molar-refractivity contribution is 7.85. The summed E-state index contributed by atoms with van der Waals surface area (Å²) < 4.78 is 33.1. The van der Waals surface area contributed by atoms with Crippen LogP contribution in [-0.2, 0) is 14.3 Å². The van der Waals surface area contributed by atoms with E-state index >= 15 is 0 Å². The molecule has 32 heavy (non-hydrogen) atoms. The van der Waals surface area contributed by atoms with Crippen LogP contribution in [0.1, 0.15) is 5.56 Å². The van der Waals surface area contributed by atoms with Crippen LogP contribution in [0.3, 0.4) is 0 Å². The topological polar surface area (TPSA) is 90.2 Å². The van der Waals surface area contributed by atoms with E-state index in [1.807, 2.05) is 30.3 Å². The van der Waals surface area contributed by atoms with Crippen molar-refractivity contribution in [3.8, 4) is 16.3 Å². The summed E-state index contributed by atoms with van der Waals surface area (Å²) in [4.78, 5) is 4.71. The van der Waals surface area contributed by atoms with E-state index in [0.29, 0.717) is 11.4 Å². The first-order valence-electron chi connectivity index (χ1n) is 9.82. The van der Waals surface area contributed by atoms with E-state index in [9.17, 15) is 8.42 Å². The maximum atomic E-state index is 10.9. The van der Waals surface area contributed by atoms with Gasteiger partial charge >= 0.3 is 0 Å². The summed E-state index contributed by atoms with van der Waals surface area (Å²) in [5, 5.41) is 9.50. The van der Waals surface area contributed by atoms with Crippen molar-refractivity contribution >= 4 is 43.0 Å². The molecule has 0 aliphatic rings. The summed E-state index contributed by atoms with van der Waals surface area (Å²) in [6.45, 7) is 2.18. The minimum atomic E-state index is -3.46. The van der Waals surface area contributed by atoms with Gasteiger partial charge in [0.2, 0.25) is 0 Å². The lowest BCUT2D eigenvalue weighted by Crippen LogP contribution is -2.11. The second-order valence-electron chi connectivity index (χ2n) is 7.11. The van der Waals surface area contributed by atoms with Gasteiger partial charge in [-0.1, -0.05) is 6.07 Å². The molecule has 0 saturated carbocycles. The van der Waals surface area contributed by atoms with Crippen molar-refractivity contribution in [3.05, 3.63) is 72.3 Å². The largest absolute Gasteiger partial charge is 0.491 e. The van der Waals surface area contributed by atoms with Crippen LogP contribution >= 0.6 is 11.3 Å². The SMILES string of the molecule is Cc1ccc2nc(-c3ccc(N=Nc4ccc(OCCOS(C)(=O)=O)cc4)cc3)sc2c1. The number of aromatic nitrogens is 1. The zero-order valence-corrected chi connectivity index (χ0v) is 19.2. The van der Waals surface area contributed by atoms with Crippen LogP contribution in [-0.4, -0.2) is 32.9 Å². The maximum Gasteiger partial charge on any atom is 0.264 e. The third-order valence-corrected chi connectivity index (χ3v) is 6.09. The van der Waals surface area contributed by atoms with Gasteiger partial charge in [-0.05, 0) is 73.2 Å². The summed E-state index contributed by atoms with van der Waals surface area (Å²) in [6, 6.07) is 21.1. The molecule has 1 aromatic heterocycles. The summed E-state index contributed by atoms with van der Waals surface area (Å²) in [5.41, 5.74) is 4.70. The minimum absolute atomic E-state index is 0.0348. The van der Waals surface area contributed by atoms with Gasteiger partial charge in [-0.15, -0.1) is 11.3 Å². The summed E-state index contributed by atoms with van der Waals surface area (Å²) in [5.74, 6) is 0.594. The summed E-state index contributed by atoms with van der Waals surface area (Å²) in [7, 11) is -3.46. The van der Waals surface area contributed by atoms with E-state index in [2.05, 4.69) is 33.5 Å². The van der Waals surface area contributed by atoms with Crippen molar-refractivity contribution in [2.45, 2.75) is 6.92 Å². The molecule has 3 aromatic carbocycles. The van der Waals surface area contributed by atoms with Gasteiger partial charge in [0, 0.05) is 5.56 Å². The second kappa shape index (κ2) is 9.56. The van der Waals surface area contributed by atoms with Crippen LogP contribution in [0.15, 0.2) is 77.0 Å². The van der Waals surface area contributed by atoms with Crippen LogP contribution < -0.4 is 4.74 Å². The molecule has 9 heteroatoms. The van der Waals surface area contributed by atoms with E-state index in [1.54, 1.807) is 35.6 Å². The Morgan fingerprint density at radius 1 is 0.906 bits per heavy atom. The monoisotopic (exact) mass is 467 g/mol. The summed E-state index contributed by atoms with van der Waals surface area (Å²) in [6.07, 6.45) is 1.00. The van der Waals surface area contributed by atoms with Crippen molar-refractivity contribution < 1.29 is 17.3 Å². The van der Waals surface area contributed by atoms with Gasteiger partial charge in [-0.3, -0.25) is 4.18 Å². The van der Waals surface area contributed by atoms with Crippen molar-refractivity contribution in [1.29, 1.82) is 0 Å². The van der Waals surface area contributed by atoms with Gasteiger partial charge in [0.1, 0.15) is 24.0 Å². The summed E-state index contributed by atoms with van der Waals surface area (Å²) >= 11 is 1.68. The number of azo groups is 1. The molecule has 0 aliphatic heterocycles. The van der Waals surface area contributed by atoms with E-state index < -0.39 is 10.1 Å². The number of thiazole rings is 1. The van der Waals surface area contributed by atoms with Gasteiger partial charge in [0.15, 0.2) is 0 Å². The molecule has 0 fully saturated rings. The Labute approximate surface area is 190 Å². The Morgan fingerprint density at radius 3 is 2.22 bits per heavy atom. The van der Waals surface area contributed by atoms with Crippen LogP contribution in [0, 0.1) is 6.92 Å². The van der Waals surface area contributed by atoms with Gasteiger partial charge in [0.25, 0.3) is 10.1 Å². The third-order valence-electron chi connectivity index (χ3n) is 4.43. The second-order valence-corrected chi connectivity index (χ2v) is 9.78. The number of rotatable bonds is 8. The predicted octanol–water partition coefficient (Wildman–Crippen LogP) is 6.04. The molecule has 0 amide bonds. The van der Waals surface area contributed by atoms with E-state index in [0.717, 1.165) is 28.0 Å². The molecular weight excluding hydrogens is 446 g/mol. The molecule has 164 valence electrons. The fourth-order valence-corrected chi connectivity index (χ4v) is 4.34. The molecule has 0 aliphatic carbocycles. The molecule has 0 saturated heterocycles. The van der Waals surface area contributed by atoms with Gasteiger partial charge in [-0.2, -0.15) is 18.6 Å². The van der Waals surface area contributed by atoms with Crippen molar-refractivity contribution in [2.24, 2.45) is 10.2 Å². The first-order chi connectivity index (χ1) is 15.4. The van der Waals surface area contributed by atoms with Crippen molar-refractivity contribution in [1.82, 2.24) is 4.98 Å². The molecule has 4 rings (SSSR count).